The van der Waals surface area contributed by atoms with Gasteiger partial charge in [-0.05, 0) is 34.6 Å². The van der Waals surface area contributed by atoms with E-state index in [1.54, 1.807) is 27.7 Å². The van der Waals surface area contributed by atoms with Crippen molar-refractivity contribution in [3.8, 4) is 0 Å². The minimum Gasteiger partial charge on any atom is -0.454 e. The Labute approximate surface area is 89.7 Å². The summed E-state index contributed by atoms with van der Waals surface area (Å²) in [5.74, 6) is -1.29. The van der Waals surface area contributed by atoms with E-state index < -0.39 is 23.4 Å². The molecule has 0 bridgehead atoms. The van der Waals surface area contributed by atoms with Gasteiger partial charge in [0, 0.05) is 0 Å². The summed E-state index contributed by atoms with van der Waals surface area (Å²) >= 11 is 0. The Morgan fingerprint density at radius 3 is 2.13 bits per heavy atom. The van der Waals surface area contributed by atoms with E-state index in [0.29, 0.717) is 0 Å². The van der Waals surface area contributed by atoms with Crippen LogP contribution in [0.25, 0.3) is 0 Å². The third-order valence-electron chi connectivity index (χ3n) is 1.57. The van der Waals surface area contributed by atoms with Crippen molar-refractivity contribution in [2.45, 2.75) is 46.3 Å². The molecule has 0 aliphatic rings. The van der Waals surface area contributed by atoms with Crippen LogP contribution in [-0.2, 0) is 14.3 Å². The van der Waals surface area contributed by atoms with Crippen LogP contribution in [0.5, 0.6) is 0 Å². The summed E-state index contributed by atoms with van der Waals surface area (Å²) in [6.07, 6.45) is 0. The first kappa shape index (κ1) is 13.6. The number of hydrogen-bond acceptors (Lipinski definition) is 4. The lowest BCUT2D eigenvalue weighted by Crippen LogP contribution is -2.43. The van der Waals surface area contributed by atoms with Gasteiger partial charge in [0.1, 0.15) is 5.60 Å². The normalized spacial score (nSPS) is 12.9. The standard InChI is InChI=1S/C10H18N2O3/c1-6(7(2)13)12-8(11)9(14)15-10(3,4)5/h6H,1-5H3,(H2,11,12)/t6-/m0/s1. The number of nitrogens with one attached hydrogen (secondary N) is 2. The van der Waals surface area contributed by atoms with Crippen molar-refractivity contribution in [2.24, 2.45) is 0 Å². The lowest BCUT2D eigenvalue weighted by atomic mass is 10.2. The van der Waals surface area contributed by atoms with Crippen LogP contribution in [0.3, 0.4) is 0 Å². The van der Waals surface area contributed by atoms with Crippen molar-refractivity contribution in [3.05, 3.63) is 0 Å². The Balaban J connectivity index is 4.24. The molecule has 0 aromatic rings. The van der Waals surface area contributed by atoms with E-state index in [9.17, 15) is 9.59 Å². The van der Waals surface area contributed by atoms with Crippen molar-refractivity contribution in [1.29, 1.82) is 5.41 Å². The second-order valence-electron chi connectivity index (χ2n) is 4.35. The zero-order valence-corrected chi connectivity index (χ0v) is 9.80. The Hall–Kier alpha value is -1.39. The van der Waals surface area contributed by atoms with Crippen LogP contribution in [0, 0.1) is 5.41 Å². The molecule has 0 unspecified atom stereocenters. The highest BCUT2D eigenvalue weighted by molar-refractivity contribution is 6.34. The molecule has 5 heteroatoms. The van der Waals surface area contributed by atoms with Gasteiger partial charge in [-0.15, -0.1) is 0 Å². The van der Waals surface area contributed by atoms with Crippen LogP contribution >= 0.6 is 0 Å². The van der Waals surface area contributed by atoms with Gasteiger partial charge < -0.3 is 10.1 Å². The number of ether oxygens (including phenoxy) is 1. The third-order valence-corrected chi connectivity index (χ3v) is 1.57. The van der Waals surface area contributed by atoms with Crippen LogP contribution in [0.4, 0.5) is 0 Å². The summed E-state index contributed by atoms with van der Waals surface area (Å²) < 4.78 is 4.94. The van der Waals surface area contributed by atoms with Crippen molar-refractivity contribution in [3.63, 3.8) is 0 Å². The quantitative estimate of drug-likeness (QED) is 0.406. The number of carbonyl (C=O) groups is 2. The fourth-order valence-corrected chi connectivity index (χ4v) is 0.706. The maximum atomic E-state index is 11.3. The van der Waals surface area contributed by atoms with Gasteiger partial charge in [0.25, 0.3) is 0 Å². The largest absolute Gasteiger partial charge is 0.454 e. The summed E-state index contributed by atoms with van der Waals surface area (Å²) in [4.78, 5) is 22.2. The van der Waals surface area contributed by atoms with Crippen molar-refractivity contribution in [1.82, 2.24) is 5.32 Å². The molecule has 0 heterocycles. The van der Waals surface area contributed by atoms with Crippen LogP contribution in [0.15, 0.2) is 0 Å². The predicted octanol–water partition coefficient (Wildman–Crippen LogP) is 0.872. The predicted molar refractivity (Wildman–Crippen MR) is 56.9 cm³/mol. The number of esters is 1. The molecule has 0 aliphatic heterocycles. The monoisotopic (exact) mass is 214 g/mol. The third kappa shape index (κ3) is 5.83. The molecule has 15 heavy (non-hydrogen) atoms. The van der Waals surface area contributed by atoms with Gasteiger partial charge in [-0.25, -0.2) is 4.79 Å². The molecule has 0 amide bonds. The van der Waals surface area contributed by atoms with Gasteiger partial charge in [-0.2, -0.15) is 0 Å². The molecule has 86 valence electrons. The van der Waals surface area contributed by atoms with Gasteiger partial charge in [0.15, 0.2) is 5.78 Å². The van der Waals surface area contributed by atoms with E-state index in [0.717, 1.165) is 0 Å². The van der Waals surface area contributed by atoms with E-state index in [2.05, 4.69) is 5.32 Å². The fourth-order valence-electron chi connectivity index (χ4n) is 0.706. The summed E-state index contributed by atoms with van der Waals surface area (Å²) in [6.45, 7) is 8.12. The van der Waals surface area contributed by atoms with E-state index in [4.69, 9.17) is 10.1 Å². The molecule has 2 N–H and O–H groups in total. The first-order valence-electron chi connectivity index (χ1n) is 4.72. The minimum atomic E-state index is -0.754. The van der Waals surface area contributed by atoms with Gasteiger partial charge in [0.2, 0.25) is 5.84 Å². The van der Waals surface area contributed by atoms with Crippen molar-refractivity contribution < 1.29 is 14.3 Å². The van der Waals surface area contributed by atoms with Gasteiger partial charge in [0.05, 0.1) is 6.04 Å². The maximum Gasteiger partial charge on any atom is 0.373 e. The van der Waals surface area contributed by atoms with E-state index >= 15 is 0 Å². The molecule has 0 saturated carbocycles. The molecule has 0 aliphatic carbocycles. The number of ketones is 1. The summed E-state index contributed by atoms with van der Waals surface area (Å²) in [5, 5.41) is 9.82. The molecule has 0 rings (SSSR count). The topological polar surface area (TPSA) is 79.3 Å². The SMILES string of the molecule is CC(=O)[C@H](C)NC(=N)C(=O)OC(C)(C)C. The maximum absolute atomic E-state index is 11.3. The van der Waals surface area contributed by atoms with Crippen LogP contribution < -0.4 is 5.32 Å². The molecule has 0 fully saturated rings. The molecule has 5 nitrogen and oxygen atoms in total. The minimum absolute atomic E-state index is 0.136. The first-order chi connectivity index (χ1) is 6.63. The summed E-state index contributed by atoms with van der Waals surface area (Å²) in [6, 6.07) is -0.551. The molecular formula is C10H18N2O3. The van der Waals surface area contributed by atoms with Crippen molar-refractivity contribution in [2.75, 3.05) is 0 Å². The highest BCUT2D eigenvalue weighted by atomic mass is 16.6. The molecule has 0 aromatic heterocycles. The Kier molecular flexibility index (Phi) is 4.45. The zero-order valence-electron chi connectivity index (χ0n) is 9.80. The van der Waals surface area contributed by atoms with E-state index in [1.807, 2.05) is 0 Å². The molecule has 0 saturated heterocycles. The highest BCUT2D eigenvalue weighted by Crippen LogP contribution is 2.06. The molecule has 0 spiro atoms. The van der Waals surface area contributed by atoms with Gasteiger partial charge >= 0.3 is 5.97 Å². The van der Waals surface area contributed by atoms with Gasteiger partial charge in [-0.3, -0.25) is 10.2 Å². The lowest BCUT2D eigenvalue weighted by molar-refractivity contribution is -0.146. The van der Waals surface area contributed by atoms with Crippen molar-refractivity contribution >= 4 is 17.6 Å². The number of rotatable bonds is 2. The fraction of sp³-hybridized carbons (Fsp3) is 0.700. The number of Topliss-reactive ketones (excluding diaryl/α,β-unsaturated/α-hetero) is 1. The van der Waals surface area contributed by atoms with E-state index in [-0.39, 0.29) is 5.78 Å². The molecule has 1 atom stereocenters. The van der Waals surface area contributed by atoms with Crippen LogP contribution in [0.2, 0.25) is 0 Å². The van der Waals surface area contributed by atoms with E-state index in [1.165, 1.54) is 6.92 Å². The average molecular weight is 214 g/mol. The summed E-state index contributed by atoms with van der Waals surface area (Å²) in [5.41, 5.74) is -0.634. The van der Waals surface area contributed by atoms with Gasteiger partial charge in [-0.1, -0.05) is 0 Å². The average Bonchev–Trinajstić information content (AvgIpc) is 2.00. The zero-order chi connectivity index (χ0) is 12.2. The number of hydrogen-bond donors (Lipinski definition) is 2. The second-order valence-corrected chi connectivity index (χ2v) is 4.35. The number of amidine groups is 1. The molecular weight excluding hydrogens is 196 g/mol. The van der Waals surface area contributed by atoms with Crippen LogP contribution in [0.1, 0.15) is 34.6 Å². The Morgan fingerprint density at radius 1 is 1.33 bits per heavy atom. The van der Waals surface area contributed by atoms with Crippen LogP contribution in [-0.4, -0.2) is 29.2 Å². The smallest absolute Gasteiger partial charge is 0.373 e. The Bertz CT molecular complexity index is 279. The highest BCUT2D eigenvalue weighted by Gasteiger charge is 2.21. The Morgan fingerprint density at radius 2 is 1.80 bits per heavy atom. The first-order valence-corrected chi connectivity index (χ1v) is 4.72. The molecule has 0 radical (unpaired) electrons. The second kappa shape index (κ2) is 4.91. The number of carbonyl (C=O) groups excluding carboxylic acids is 2. The summed E-state index contributed by atoms with van der Waals surface area (Å²) in [7, 11) is 0. The molecule has 0 aromatic carbocycles. The lowest BCUT2D eigenvalue weighted by Gasteiger charge is -2.20.